The predicted molar refractivity (Wildman–Crippen MR) is 52.0 cm³/mol. The van der Waals surface area contributed by atoms with Crippen molar-refractivity contribution in [3.63, 3.8) is 0 Å². The first-order valence-electron chi connectivity index (χ1n) is 2.86. The molecule has 0 spiro atoms. The van der Waals surface area contributed by atoms with Crippen molar-refractivity contribution in [1.29, 1.82) is 0 Å². The maximum Gasteiger partial charge on any atom is 0.252 e. The van der Waals surface area contributed by atoms with Gasteiger partial charge >= 0.3 is 0 Å². The first kappa shape index (κ1) is 10.2. The molecule has 0 saturated carbocycles. The number of hydrogen-bond acceptors (Lipinski definition) is 1. The van der Waals surface area contributed by atoms with Crippen LogP contribution in [0.4, 0.5) is 4.39 Å². The molecule has 0 bridgehead atoms. The smallest absolute Gasteiger partial charge is 0.252 e. The van der Waals surface area contributed by atoms with Crippen LogP contribution in [0.3, 0.4) is 0 Å². The van der Waals surface area contributed by atoms with Crippen molar-refractivity contribution in [2.75, 3.05) is 0 Å². The Hall–Kier alpha value is 0.0700. The molecule has 5 heteroatoms. The predicted octanol–water partition coefficient (Wildman–Crippen LogP) is 3.73. The molecular formula is C7H2Br2ClFO. The molecule has 0 aliphatic heterocycles. The minimum atomic E-state index is -0.614. The molecule has 1 aromatic rings. The van der Waals surface area contributed by atoms with Gasteiger partial charge in [-0.1, -0.05) is 0 Å². The molecule has 0 aromatic heterocycles. The Morgan fingerprint density at radius 3 is 2.08 bits per heavy atom. The van der Waals surface area contributed by atoms with Gasteiger partial charge < -0.3 is 0 Å². The van der Waals surface area contributed by atoms with E-state index in [2.05, 4.69) is 31.9 Å². The summed E-state index contributed by atoms with van der Waals surface area (Å²) in [6.07, 6.45) is 0. The van der Waals surface area contributed by atoms with Crippen LogP contribution in [0.25, 0.3) is 0 Å². The lowest BCUT2D eigenvalue weighted by atomic mass is 10.2. The molecule has 0 N–H and O–H groups in total. The molecule has 1 nitrogen and oxygen atoms in total. The summed E-state index contributed by atoms with van der Waals surface area (Å²) >= 11 is 11.1. The standard InChI is InChI=1S/C7H2Br2ClFO/c8-4-1-3(7(10)12)2-5(9)6(4)11/h1-2H. The number of carbonyl (C=O) groups excluding carboxylic acids is 1. The second kappa shape index (κ2) is 3.85. The zero-order valence-electron chi connectivity index (χ0n) is 5.57. The molecule has 0 fully saturated rings. The summed E-state index contributed by atoms with van der Waals surface area (Å²) < 4.78 is 13.3. The third-order valence-corrected chi connectivity index (χ3v) is 2.58. The van der Waals surface area contributed by atoms with E-state index in [1.807, 2.05) is 0 Å². The molecule has 64 valence electrons. The minimum absolute atomic E-state index is 0.209. The Kier molecular flexibility index (Phi) is 3.26. The van der Waals surface area contributed by atoms with Crippen molar-refractivity contribution >= 4 is 48.7 Å². The SMILES string of the molecule is O=C(Cl)c1cc(Br)c(F)c(Br)c1. The van der Waals surface area contributed by atoms with Crippen molar-refractivity contribution in [3.8, 4) is 0 Å². The van der Waals surface area contributed by atoms with Gasteiger partial charge in [-0.2, -0.15) is 0 Å². The van der Waals surface area contributed by atoms with Crippen LogP contribution in [-0.4, -0.2) is 5.24 Å². The van der Waals surface area contributed by atoms with Crippen LogP contribution in [-0.2, 0) is 0 Å². The van der Waals surface area contributed by atoms with Gasteiger partial charge in [0.2, 0.25) is 0 Å². The molecule has 1 aromatic carbocycles. The summed E-state index contributed by atoms with van der Waals surface area (Å²) in [4.78, 5) is 10.7. The van der Waals surface area contributed by atoms with Gasteiger partial charge in [-0.15, -0.1) is 0 Å². The molecule has 0 heterocycles. The van der Waals surface area contributed by atoms with E-state index in [0.29, 0.717) is 0 Å². The van der Waals surface area contributed by atoms with Gasteiger partial charge in [-0.25, -0.2) is 4.39 Å². The maximum absolute atomic E-state index is 12.9. The van der Waals surface area contributed by atoms with Crippen LogP contribution in [0, 0.1) is 5.82 Å². The molecule has 0 unspecified atom stereocenters. The van der Waals surface area contributed by atoms with Gasteiger partial charge in [0, 0.05) is 5.56 Å². The van der Waals surface area contributed by atoms with Crippen LogP contribution in [0.5, 0.6) is 0 Å². The normalized spacial score (nSPS) is 10.0. The largest absolute Gasteiger partial charge is 0.276 e. The molecule has 12 heavy (non-hydrogen) atoms. The molecule has 0 amide bonds. The van der Waals surface area contributed by atoms with E-state index in [0.717, 1.165) is 0 Å². The molecular weight excluding hydrogens is 314 g/mol. The third-order valence-electron chi connectivity index (χ3n) is 1.21. The van der Waals surface area contributed by atoms with E-state index in [4.69, 9.17) is 11.6 Å². The highest BCUT2D eigenvalue weighted by atomic mass is 79.9. The van der Waals surface area contributed by atoms with Crippen molar-refractivity contribution in [2.24, 2.45) is 0 Å². The average Bonchev–Trinajstić information content (AvgIpc) is 1.99. The Balaban J connectivity index is 3.31. The van der Waals surface area contributed by atoms with Gasteiger partial charge in [-0.3, -0.25) is 4.79 Å². The zero-order valence-corrected chi connectivity index (χ0v) is 9.50. The Bertz CT molecular complexity index is 317. The molecule has 0 saturated heterocycles. The van der Waals surface area contributed by atoms with E-state index in [1.165, 1.54) is 12.1 Å². The monoisotopic (exact) mass is 314 g/mol. The lowest BCUT2D eigenvalue weighted by Gasteiger charge is -1.99. The minimum Gasteiger partial charge on any atom is -0.276 e. The zero-order chi connectivity index (χ0) is 9.30. The lowest BCUT2D eigenvalue weighted by Crippen LogP contribution is -1.91. The summed E-state index contributed by atoms with van der Waals surface area (Å²) in [5.41, 5.74) is 0.247. The second-order valence-electron chi connectivity index (χ2n) is 2.03. The van der Waals surface area contributed by atoms with Crippen LogP contribution < -0.4 is 0 Å². The molecule has 0 radical (unpaired) electrons. The van der Waals surface area contributed by atoms with Gasteiger partial charge in [0.05, 0.1) is 8.95 Å². The number of hydrogen-bond donors (Lipinski definition) is 0. The van der Waals surface area contributed by atoms with E-state index in [1.54, 1.807) is 0 Å². The average molecular weight is 316 g/mol. The van der Waals surface area contributed by atoms with Gasteiger partial charge in [0.15, 0.2) is 5.82 Å². The van der Waals surface area contributed by atoms with Gasteiger partial charge in [-0.05, 0) is 55.6 Å². The van der Waals surface area contributed by atoms with Crippen LogP contribution in [0.1, 0.15) is 10.4 Å². The topological polar surface area (TPSA) is 17.1 Å². The quantitative estimate of drug-likeness (QED) is 0.570. The fourth-order valence-electron chi connectivity index (χ4n) is 0.669. The van der Waals surface area contributed by atoms with Crippen molar-refractivity contribution < 1.29 is 9.18 Å². The third kappa shape index (κ3) is 2.06. The summed E-state index contributed by atoms with van der Waals surface area (Å²) in [5, 5.41) is -0.614. The van der Waals surface area contributed by atoms with E-state index < -0.39 is 11.1 Å². The molecule has 0 atom stereocenters. The molecule has 0 aliphatic carbocycles. The van der Waals surface area contributed by atoms with Crippen molar-refractivity contribution in [3.05, 3.63) is 32.5 Å². The Morgan fingerprint density at radius 2 is 1.75 bits per heavy atom. The highest BCUT2D eigenvalue weighted by molar-refractivity contribution is 9.11. The molecule has 0 aliphatic rings. The van der Waals surface area contributed by atoms with Crippen molar-refractivity contribution in [2.45, 2.75) is 0 Å². The fourth-order valence-corrected chi connectivity index (χ4v) is 1.96. The number of halogens is 4. The summed E-state index contributed by atoms with van der Waals surface area (Å²) in [5.74, 6) is -0.448. The van der Waals surface area contributed by atoms with Gasteiger partial charge in [0.1, 0.15) is 0 Å². The number of benzene rings is 1. The number of carbonyl (C=O) groups is 1. The first-order valence-corrected chi connectivity index (χ1v) is 4.83. The van der Waals surface area contributed by atoms with Crippen LogP contribution >= 0.6 is 43.5 Å². The summed E-state index contributed by atoms with van der Waals surface area (Å²) in [6, 6.07) is 2.66. The van der Waals surface area contributed by atoms with Crippen molar-refractivity contribution in [1.82, 2.24) is 0 Å². The Labute approximate surface area is 90.2 Å². The van der Waals surface area contributed by atoms with E-state index in [-0.39, 0.29) is 14.5 Å². The second-order valence-corrected chi connectivity index (χ2v) is 4.08. The highest BCUT2D eigenvalue weighted by Crippen LogP contribution is 2.26. The van der Waals surface area contributed by atoms with Gasteiger partial charge in [0.25, 0.3) is 5.24 Å². The highest BCUT2D eigenvalue weighted by Gasteiger charge is 2.09. The molecule has 1 rings (SSSR count). The summed E-state index contributed by atoms with van der Waals surface area (Å²) in [7, 11) is 0. The van der Waals surface area contributed by atoms with Crippen LogP contribution in [0.2, 0.25) is 0 Å². The van der Waals surface area contributed by atoms with Crippen LogP contribution in [0.15, 0.2) is 21.1 Å². The van der Waals surface area contributed by atoms with E-state index in [9.17, 15) is 9.18 Å². The summed E-state index contributed by atoms with van der Waals surface area (Å²) in [6.45, 7) is 0. The first-order chi connectivity index (χ1) is 5.52. The maximum atomic E-state index is 12.9. The van der Waals surface area contributed by atoms with E-state index >= 15 is 0 Å². The Morgan fingerprint density at radius 1 is 1.33 bits per heavy atom. The number of rotatable bonds is 1. The fraction of sp³-hybridized carbons (Fsp3) is 0. The lowest BCUT2D eigenvalue weighted by molar-refractivity contribution is 0.108.